The summed E-state index contributed by atoms with van der Waals surface area (Å²) in [5, 5.41) is 4.77. The zero-order valence-electron chi connectivity index (χ0n) is 10.4. The van der Waals surface area contributed by atoms with Gasteiger partial charge in [-0.15, -0.1) is 5.10 Å². The fraction of sp³-hybridized carbons (Fsp3) is 0.455. The second-order valence-electron chi connectivity index (χ2n) is 4.40. The number of nitrogens with zero attached hydrogens (tertiary/aromatic N) is 6. The maximum atomic E-state index is 5.81. The van der Waals surface area contributed by atoms with Crippen molar-refractivity contribution in [2.45, 2.75) is 6.54 Å². The molecule has 1 aliphatic rings. The molecular weight excluding hydrogens is 262 g/mol. The highest BCUT2D eigenvalue weighted by atomic mass is 32.1. The maximum absolute atomic E-state index is 5.81. The average Bonchev–Trinajstić information content (AvgIpc) is 2.86. The minimum atomic E-state index is 0.717. The van der Waals surface area contributed by atoms with Gasteiger partial charge in [0.05, 0.1) is 0 Å². The Bertz CT molecular complexity index is 521. The number of nitrogen functional groups attached to an aromatic ring is 1. The first-order chi connectivity index (χ1) is 9.33. The highest BCUT2D eigenvalue weighted by Crippen LogP contribution is 2.16. The molecule has 0 aromatic carbocycles. The standard InChI is InChI=1S/C11H15N7S/c12-10-9(15-16-19-10)8-17-4-6-18(7-5-17)11-13-2-1-3-14-11/h1-3H,4-8,12H2. The molecule has 1 saturated heterocycles. The molecule has 0 spiro atoms. The molecule has 2 N–H and O–H groups in total. The molecule has 8 heteroatoms. The van der Waals surface area contributed by atoms with Gasteiger partial charge in [0.25, 0.3) is 0 Å². The van der Waals surface area contributed by atoms with Crippen LogP contribution in [0, 0.1) is 0 Å². The van der Waals surface area contributed by atoms with Crippen molar-refractivity contribution in [1.29, 1.82) is 0 Å². The summed E-state index contributed by atoms with van der Waals surface area (Å²) < 4.78 is 3.86. The molecular formula is C11H15N7S. The fourth-order valence-corrected chi connectivity index (χ4v) is 2.54. The number of hydrogen-bond donors (Lipinski definition) is 1. The van der Waals surface area contributed by atoms with Gasteiger partial charge in [-0.2, -0.15) is 0 Å². The molecule has 100 valence electrons. The smallest absolute Gasteiger partial charge is 0.225 e. The van der Waals surface area contributed by atoms with E-state index in [9.17, 15) is 0 Å². The van der Waals surface area contributed by atoms with Gasteiger partial charge in [-0.1, -0.05) is 4.49 Å². The van der Waals surface area contributed by atoms with Crippen LogP contribution in [0.15, 0.2) is 18.5 Å². The number of hydrogen-bond acceptors (Lipinski definition) is 8. The van der Waals surface area contributed by atoms with E-state index in [1.807, 2.05) is 6.07 Å². The Morgan fingerprint density at radius 1 is 1.16 bits per heavy atom. The molecule has 2 aromatic rings. The number of anilines is 2. The van der Waals surface area contributed by atoms with Crippen LogP contribution in [0.2, 0.25) is 0 Å². The molecule has 0 bridgehead atoms. The van der Waals surface area contributed by atoms with Crippen molar-refractivity contribution in [3.63, 3.8) is 0 Å². The first kappa shape index (κ1) is 12.2. The molecule has 7 nitrogen and oxygen atoms in total. The summed E-state index contributed by atoms with van der Waals surface area (Å²) in [5.74, 6) is 0.803. The van der Waals surface area contributed by atoms with Gasteiger partial charge in [0, 0.05) is 56.6 Å². The van der Waals surface area contributed by atoms with Crippen LogP contribution in [0.4, 0.5) is 10.9 Å². The molecule has 2 aromatic heterocycles. The highest BCUT2D eigenvalue weighted by Gasteiger charge is 2.20. The molecule has 0 atom stereocenters. The van der Waals surface area contributed by atoms with Crippen LogP contribution in [-0.4, -0.2) is 50.6 Å². The average molecular weight is 277 g/mol. The van der Waals surface area contributed by atoms with E-state index >= 15 is 0 Å². The van der Waals surface area contributed by atoms with E-state index in [0.29, 0.717) is 5.00 Å². The second kappa shape index (κ2) is 5.45. The molecule has 0 unspecified atom stereocenters. The van der Waals surface area contributed by atoms with E-state index in [1.165, 1.54) is 11.5 Å². The predicted molar refractivity (Wildman–Crippen MR) is 73.8 cm³/mol. The second-order valence-corrected chi connectivity index (χ2v) is 5.18. The zero-order valence-corrected chi connectivity index (χ0v) is 11.3. The predicted octanol–water partition coefficient (Wildman–Crippen LogP) is 0.232. The Morgan fingerprint density at radius 3 is 2.53 bits per heavy atom. The lowest BCUT2D eigenvalue weighted by atomic mass is 10.3. The molecule has 1 aliphatic heterocycles. The molecule has 0 amide bonds. The molecule has 0 radical (unpaired) electrons. The summed E-state index contributed by atoms with van der Waals surface area (Å²) in [6, 6.07) is 1.83. The van der Waals surface area contributed by atoms with Crippen LogP contribution in [0.3, 0.4) is 0 Å². The Balaban J connectivity index is 1.57. The third-order valence-corrected chi connectivity index (χ3v) is 3.76. The minimum absolute atomic E-state index is 0.717. The molecule has 3 heterocycles. The SMILES string of the molecule is Nc1snnc1CN1CCN(c2ncccn2)CC1. The highest BCUT2D eigenvalue weighted by molar-refractivity contribution is 7.09. The quantitative estimate of drug-likeness (QED) is 0.859. The molecule has 0 aliphatic carbocycles. The summed E-state index contributed by atoms with van der Waals surface area (Å²) in [5.41, 5.74) is 6.70. The van der Waals surface area contributed by atoms with Gasteiger partial charge in [-0.3, -0.25) is 4.90 Å². The van der Waals surface area contributed by atoms with E-state index in [1.54, 1.807) is 12.4 Å². The lowest BCUT2D eigenvalue weighted by molar-refractivity contribution is 0.246. The van der Waals surface area contributed by atoms with Crippen molar-refractivity contribution in [1.82, 2.24) is 24.5 Å². The Hall–Kier alpha value is -1.80. The van der Waals surface area contributed by atoms with Crippen molar-refractivity contribution in [3.05, 3.63) is 24.2 Å². The molecule has 19 heavy (non-hydrogen) atoms. The summed E-state index contributed by atoms with van der Waals surface area (Å²) in [6.07, 6.45) is 3.55. The van der Waals surface area contributed by atoms with E-state index < -0.39 is 0 Å². The molecule has 0 saturated carbocycles. The lowest BCUT2D eigenvalue weighted by Gasteiger charge is -2.34. The number of piperazine rings is 1. The summed E-state index contributed by atoms with van der Waals surface area (Å²) in [6.45, 7) is 4.51. The van der Waals surface area contributed by atoms with Crippen molar-refractivity contribution < 1.29 is 0 Å². The Morgan fingerprint density at radius 2 is 1.89 bits per heavy atom. The Kier molecular flexibility index (Phi) is 3.51. The molecule has 1 fully saturated rings. The lowest BCUT2D eigenvalue weighted by Crippen LogP contribution is -2.46. The number of nitrogens with two attached hydrogens (primary N) is 1. The van der Waals surface area contributed by atoms with Gasteiger partial charge in [-0.05, 0) is 6.07 Å². The zero-order chi connectivity index (χ0) is 13.1. The summed E-state index contributed by atoms with van der Waals surface area (Å²) >= 11 is 1.25. The van der Waals surface area contributed by atoms with Gasteiger partial charge in [0.15, 0.2) is 0 Å². The van der Waals surface area contributed by atoms with Crippen molar-refractivity contribution in [2.75, 3.05) is 36.8 Å². The third-order valence-electron chi connectivity index (χ3n) is 3.17. The van der Waals surface area contributed by atoms with Gasteiger partial charge in [-0.25, -0.2) is 9.97 Å². The third kappa shape index (κ3) is 2.79. The summed E-state index contributed by atoms with van der Waals surface area (Å²) in [4.78, 5) is 13.1. The monoisotopic (exact) mass is 277 g/mol. The van der Waals surface area contributed by atoms with Gasteiger partial charge < -0.3 is 10.6 Å². The van der Waals surface area contributed by atoms with Crippen molar-refractivity contribution >= 4 is 22.5 Å². The Labute approximate surface area is 115 Å². The van der Waals surface area contributed by atoms with E-state index in [-0.39, 0.29) is 0 Å². The largest absolute Gasteiger partial charge is 0.388 e. The van der Waals surface area contributed by atoms with E-state index in [4.69, 9.17) is 5.73 Å². The van der Waals surface area contributed by atoms with E-state index in [0.717, 1.165) is 44.4 Å². The van der Waals surface area contributed by atoms with Crippen LogP contribution < -0.4 is 10.6 Å². The minimum Gasteiger partial charge on any atom is -0.388 e. The topological polar surface area (TPSA) is 84.1 Å². The van der Waals surface area contributed by atoms with Crippen LogP contribution >= 0.6 is 11.5 Å². The van der Waals surface area contributed by atoms with Crippen molar-refractivity contribution in [3.8, 4) is 0 Å². The number of aromatic nitrogens is 4. The van der Waals surface area contributed by atoms with Gasteiger partial charge in [0.1, 0.15) is 10.7 Å². The van der Waals surface area contributed by atoms with Crippen LogP contribution in [0.1, 0.15) is 5.69 Å². The van der Waals surface area contributed by atoms with Crippen molar-refractivity contribution in [2.24, 2.45) is 0 Å². The first-order valence-corrected chi connectivity index (χ1v) is 6.91. The van der Waals surface area contributed by atoms with Gasteiger partial charge in [0.2, 0.25) is 5.95 Å². The summed E-state index contributed by atoms with van der Waals surface area (Å²) in [7, 11) is 0. The van der Waals surface area contributed by atoms with Crippen LogP contribution in [-0.2, 0) is 6.54 Å². The normalized spacial score (nSPS) is 16.7. The first-order valence-electron chi connectivity index (χ1n) is 6.14. The maximum Gasteiger partial charge on any atom is 0.225 e. The number of rotatable bonds is 3. The van der Waals surface area contributed by atoms with Crippen LogP contribution in [0.25, 0.3) is 0 Å². The fourth-order valence-electron chi connectivity index (χ4n) is 2.10. The van der Waals surface area contributed by atoms with Gasteiger partial charge >= 0.3 is 0 Å². The molecule has 3 rings (SSSR count). The van der Waals surface area contributed by atoms with Crippen LogP contribution in [0.5, 0.6) is 0 Å². The van der Waals surface area contributed by atoms with E-state index in [2.05, 4.69) is 29.4 Å².